The average Bonchev–Trinajstić information content (AvgIpc) is 2.66. The first-order chi connectivity index (χ1) is 8.11. The van der Waals surface area contributed by atoms with Crippen LogP contribution < -0.4 is 0 Å². The van der Waals surface area contributed by atoms with Gasteiger partial charge in [0.05, 0.1) is 5.02 Å². The maximum Gasteiger partial charge on any atom is 0.224 e. The number of rotatable bonds is 2. The molecule has 0 aliphatic carbocycles. The van der Waals surface area contributed by atoms with Gasteiger partial charge in [0.25, 0.3) is 0 Å². The summed E-state index contributed by atoms with van der Waals surface area (Å²) in [6.45, 7) is 0.829. The molecular formula is C13H11ClFNO. The van der Waals surface area contributed by atoms with Crippen molar-refractivity contribution in [2.45, 2.75) is 13.0 Å². The van der Waals surface area contributed by atoms with E-state index < -0.39 is 5.82 Å². The summed E-state index contributed by atoms with van der Waals surface area (Å²) in [5.74, 6) is 2.05. The summed E-state index contributed by atoms with van der Waals surface area (Å²) in [6, 6.07) is 4.58. The average molecular weight is 252 g/mol. The highest BCUT2D eigenvalue weighted by Gasteiger charge is 2.28. The van der Waals surface area contributed by atoms with Gasteiger partial charge in [0.15, 0.2) is 0 Å². The second-order valence-corrected chi connectivity index (χ2v) is 4.43. The van der Waals surface area contributed by atoms with E-state index in [1.54, 1.807) is 17.0 Å². The van der Waals surface area contributed by atoms with Crippen molar-refractivity contribution in [2.75, 3.05) is 6.54 Å². The predicted molar refractivity (Wildman–Crippen MR) is 63.8 cm³/mol. The monoisotopic (exact) mass is 251 g/mol. The number of halogens is 2. The molecule has 1 atom stereocenters. The minimum absolute atomic E-state index is 0.00622. The molecule has 1 fully saturated rings. The smallest absolute Gasteiger partial charge is 0.224 e. The number of terminal acetylenes is 1. The molecule has 1 saturated heterocycles. The van der Waals surface area contributed by atoms with E-state index in [0.29, 0.717) is 25.1 Å². The van der Waals surface area contributed by atoms with Gasteiger partial charge in [0.1, 0.15) is 5.82 Å². The molecule has 1 aromatic rings. The van der Waals surface area contributed by atoms with Gasteiger partial charge in [0, 0.05) is 25.4 Å². The molecule has 4 heteroatoms. The highest BCUT2D eigenvalue weighted by Crippen LogP contribution is 2.24. The summed E-state index contributed by atoms with van der Waals surface area (Å²) in [4.78, 5) is 13.3. The van der Waals surface area contributed by atoms with Gasteiger partial charge >= 0.3 is 0 Å². The molecule has 1 aliphatic rings. The zero-order valence-electron chi connectivity index (χ0n) is 9.12. The Labute approximate surface area is 104 Å². The molecule has 0 bridgehead atoms. The fourth-order valence-electron chi connectivity index (χ4n) is 1.91. The highest BCUT2D eigenvalue weighted by atomic mass is 35.5. The largest absolute Gasteiger partial charge is 0.337 e. The van der Waals surface area contributed by atoms with Gasteiger partial charge in [-0.2, -0.15) is 0 Å². The van der Waals surface area contributed by atoms with E-state index >= 15 is 0 Å². The lowest BCUT2D eigenvalue weighted by atomic mass is 10.1. The van der Waals surface area contributed by atoms with Crippen LogP contribution in [0, 0.1) is 24.1 Å². The van der Waals surface area contributed by atoms with E-state index in [1.807, 2.05) is 0 Å². The number of hydrogen-bond acceptors (Lipinski definition) is 1. The van der Waals surface area contributed by atoms with Gasteiger partial charge < -0.3 is 4.90 Å². The topological polar surface area (TPSA) is 20.3 Å². The summed E-state index contributed by atoms with van der Waals surface area (Å²) in [5, 5.41) is 0.0736. The van der Waals surface area contributed by atoms with E-state index in [4.69, 9.17) is 18.0 Å². The third kappa shape index (κ3) is 2.42. The number of nitrogens with zero attached hydrogens (tertiary/aromatic N) is 1. The van der Waals surface area contributed by atoms with Crippen LogP contribution in [-0.4, -0.2) is 17.4 Å². The Bertz CT molecular complexity index is 495. The molecule has 2 nitrogen and oxygen atoms in total. The second kappa shape index (κ2) is 4.77. The van der Waals surface area contributed by atoms with Crippen LogP contribution in [-0.2, 0) is 11.3 Å². The van der Waals surface area contributed by atoms with Crippen molar-refractivity contribution in [3.8, 4) is 12.3 Å². The molecule has 1 amide bonds. The highest BCUT2D eigenvalue weighted by molar-refractivity contribution is 6.31. The van der Waals surface area contributed by atoms with Crippen molar-refractivity contribution < 1.29 is 9.18 Å². The molecule has 1 aliphatic heterocycles. The van der Waals surface area contributed by atoms with Crippen LogP contribution in [0.15, 0.2) is 18.2 Å². The summed E-state index contributed by atoms with van der Waals surface area (Å²) in [6.07, 6.45) is 5.66. The standard InChI is InChI=1S/C13H11ClFNO/c1-2-9-6-12(17)16(7-9)8-10-4-3-5-11(15)13(10)14/h1,3-5,9H,6-8H2. The molecule has 1 unspecified atom stereocenters. The SMILES string of the molecule is C#CC1CC(=O)N(Cc2cccc(F)c2Cl)C1. The van der Waals surface area contributed by atoms with Crippen LogP contribution in [0.1, 0.15) is 12.0 Å². The van der Waals surface area contributed by atoms with Gasteiger partial charge in [0.2, 0.25) is 5.91 Å². The Morgan fingerprint density at radius 1 is 1.59 bits per heavy atom. The molecule has 0 radical (unpaired) electrons. The first-order valence-corrected chi connectivity index (χ1v) is 5.66. The van der Waals surface area contributed by atoms with E-state index in [0.717, 1.165) is 0 Å². The molecule has 88 valence electrons. The third-order valence-electron chi connectivity index (χ3n) is 2.84. The number of benzene rings is 1. The van der Waals surface area contributed by atoms with Gasteiger partial charge in [-0.15, -0.1) is 12.3 Å². The van der Waals surface area contributed by atoms with E-state index in [1.165, 1.54) is 6.07 Å². The first-order valence-electron chi connectivity index (χ1n) is 5.28. The van der Waals surface area contributed by atoms with Crippen LogP contribution in [0.3, 0.4) is 0 Å². The normalized spacial score (nSPS) is 19.5. The number of amides is 1. The molecule has 0 spiro atoms. The Balaban J connectivity index is 2.15. The van der Waals surface area contributed by atoms with Crippen LogP contribution in [0.2, 0.25) is 5.02 Å². The lowest BCUT2D eigenvalue weighted by molar-refractivity contribution is -0.128. The van der Waals surface area contributed by atoms with Crippen molar-refractivity contribution in [1.82, 2.24) is 4.90 Å². The molecule has 17 heavy (non-hydrogen) atoms. The zero-order valence-corrected chi connectivity index (χ0v) is 9.88. The van der Waals surface area contributed by atoms with Crippen LogP contribution in [0.4, 0.5) is 4.39 Å². The van der Waals surface area contributed by atoms with Crippen molar-refractivity contribution >= 4 is 17.5 Å². The third-order valence-corrected chi connectivity index (χ3v) is 3.27. The number of carbonyl (C=O) groups excluding carboxylic acids is 1. The number of carbonyl (C=O) groups is 1. The van der Waals surface area contributed by atoms with Crippen molar-refractivity contribution in [3.05, 3.63) is 34.6 Å². The summed E-state index contributed by atoms with van der Waals surface area (Å²) >= 11 is 5.84. The minimum atomic E-state index is -0.468. The fourth-order valence-corrected chi connectivity index (χ4v) is 2.10. The Morgan fingerprint density at radius 3 is 3.00 bits per heavy atom. The van der Waals surface area contributed by atoms with Crippen molar-refractivity contribution in [2.24, 2.45) is 5.92 Å². The molecule has 0 aromatic heterocycles. The Kier molecular flexibility index (Phi) is 3.35. The summed E-state index contributed by atoms with van der Waals surface area (Å²) in [5.41, 5.74) is 0.609. The minimum Gasteiger partial charge on any atom is -0.337 e. The quantitative estimate of drug-likeness (QED) is 0.740. The van der Waals surface area contributed by atoms with Crippen molar-refractivity contribution in [1.29, 1.82) is 0 Å². The summed E-state index contributed by atoms with van der Waals surface area (Å²) in [7, 11) is 0. The van der Waals surface area contributed by atoms with E-state index in [-0.39, 0.29) is 16.8 Å². The van der Waals surface area contributed by atoms with Crippen LogP contribution in [0.25, 0.3) is 0 Å². The lowest BCUT2D eigenvalue weighted by Crippen LogP contribution is -2.24. The second-order valence-electron chi connectivity index (χ2n) is 4.05. The fraction of sp³-hybridized carbons (Fsp3) is 0.308. The van der Waals surface area contributed by atoms with Gasteiger partial charge in [-0.3, -0.25) is 4.79 Å². The van der Waals surface area contributed by atoms with Gasteiger partial charge in [-0.05, 0) is 11.6 Å². The van der Waals surface area contributed by atoms with Crippen molar-refractivity contribution in [3.63, 3.8) is 0 Å². The van der Waals surface area contributed by atoms with E-state index in [9.17, 15) is 9.18 Å². The molecule has 1 heterocycles. The molecule has 1 aromatic carbocycles. The molecule has 2 rings (SSSR count). The zero-order chi connectivity index (χ0) is 12.4. The van der Waals surface area contributed by atoms with Gasteiger partial charge in [-0.25, -0.2) is 4.39 Å². The first kappa shape index (κ1) is 11.9. The van der Waals surface area contributed by atoms with Crippen LogP contribution >= 0.6 is 11.6 Å². The van der Waals surface area contributed by atoms with Crippen LogP contribution in [0.5, 0.6) is 0 Å². The number of hydrogen-bond donors (Lipinski definition) is 0. The lowest BCUT2D eigenvalue weighted by Gasteiger charge is -2.16. The summed E-state index contributed by atoms with van der Waals surface area (Å²) < 4.78 is 13.2. The Hall–Kier alpha value is -1.53. The number of likely N-dealkylation sites (tertiary alicyclic amines) is 1. The molecular weight excluding hydrogens is 241 g/mol. The molecule has 0 saturated carbocycles. The maximum absolute atomic E-state index is 13.2. The molecule has 0 N–H and O–H groups in total. The van der Waals surface area contributed by atoms with E-state index in [2.05, 4.69) is 5.92 Å². The van der Waals surface area contributed by atoms with Gasteiger partial charge in [-0.1, -0.05) is 23.7 Å². The Morgan fingerprint density at radius 2 is 2.35 bits per heavy atom. The maximum atomic E-state index is 13.2. The predicted octanol–water partition coefficient (Wildman–Crippen LogP) is 2.46.